The van der Waals surface area contributed by atoms with Crippen LogP contribution in [-0.2, 0) is 33.4 Å². The average molecular weight is 733 g/mol. The van der Waals surface area contributed by atoms with Gasteiger partial charge in [0.1, 0.15) is 18.2 Å². The summed E-state index contributed by atoms with van der Waals surface area (Å²) in [4.78, 5) is 61.7. The van der Waals surface area contributed by atoms with E-state index in [9.17, 15) is 24.0 Å². The van der Waals surface area contributed by atoms with Gasteiger partial charge in [-0.1, -0.05) is 88.2 Å². The summed E-state index contributed by atoms with van der Waals surface area (Å²) in [6.45, 7) is 13.9. The molecule has 0 aromatic carbocycles. The van der Waals surface area contributed by atoms with Crippen LogP contribution in [0.15, 0.2) is 71.2 Å². The highest BCUT2D eigenvalue weighted by atomic mass is 35.5. The van der Waals surface area contributed by atoms with Gasteiger partial charge in [-0.25, -0.2) is 9.59 Å². The zero-order valence-electron chi connectivity index (χ0n) is 31.3. The molecule has 0 bridgehead atoms. The van der Waals surface area contributed by atoms with Crippen LogP contribution in [0.3, 0.4) is 0 Å². The van der Waals surface area contributed by atoms with Crippen LogP contribution in [-0.4, -0.2) is 68.2 Å². The Morgan fingerprint density at radius 3 is 2.39 bits per heavy atom. The van der Waals surface area contributed by atoms with Crippen LogP contribution in [0.25, 0.3) is 0 Å². The SMILES string of the molecule is CCCC(=O)NCCCNC(=O)O[C@H](C/C=C\NC(=O)[C@@H](NC(=O)\C=C/C=C\C(C)=C\[C@H](C)[C@@H]1CC=C(OC)C(=O)O1)C(C)(C)C)C/C=C(\C)Cl. The van der Waals surface area contributed by atoms with Crippen molar-refractivity contribution in [3.05, 3.63) is 71.2 Å². The van der Waals surface area contributed by atoms with Crippen LogP contribution in [0.5, 0.6) is 0 Å². The molecule has 0 radical (unpaired) electrons. The average Bonchev–Trinajstić information content (AvgIpc) is 3.05. The Morgan fingerprint density at radius 2 is 1.76 bits per heavy atom. The molecule has 0 saturated carbocycles. The molecule has 0 fully saturated rings. The standard InChI is InChI=1S/C38H57ClN4O8/c1-9-14-32(44)40-23-13-24-42-37(48)50-29(19-18-28(4)39)16-12-22-41-35(46)34(38(5,6)7)43-33(45)17-11-10-15-26(2)25-27(3)30-20-21-31(49-8)36(47)51-30/h10-12,15,17-18,21-22,25,27,29-30,34H,9,13-14,16,19-20,23-24H2,1-8H3,(H,40,44)(H,41,46)(H,42,48)(H,43,45)/b15-10-,17-11-,22-12-,26-25+,28-18+/t27-,29+,30-,34+/m0/s1. The molecular formula is C38H57ClN4O8. The summed E-state index contributed by atoms with van der Waals surface area (Å²) in [5.41, 5.74) is 0.329. The van der Waals surface area contributed by atoms with E-state index in [-0.39, 0.29) is 23.7 Å². The Labute approximate surface area is 308 Å². The molecule has 1 aliphatic heterocycles. The van der Waals surface area contributed by atoms with E-state index in [0.717, 1.165) is 12.0 Å². The number of amides is 4. The Hall–Kier alpha value is -4.32. The van der Waals surface area contributed by atoms with Crippen LogP contribution < -0.4 is 21.3 Å². The number of hydrogen-bond acceptors (Lipinski definition) is 8. The number of hydrogen-bond donors (Lipinski definition) is 4. The summed E-state index contributed by atoms with van der Waals surface area (Å²) >= 11 is 5.99. The lowest BCUT2D eigenvalue weighted by molar-refractivity contribution is -0.151. The Kier molecular flexibility index (Phi) is 21.0. The first-order valence-electron chi connectivity index (χ1n) is 17.3. The highest BCUT2D eigenvalue weighted by molar-refractivity contribution is 6.29. The second-order valence-corrected chi connectivity index (χ2v) is 13.9. The first kappa shape index (κ1) is 44.7. The van der Waals surface area contributed by atoms with Crippen molar-refractivity contribution < 1.29 is 38.2 Å². The fraction of sp³-hybridized carbons (Fsp3) is 0.553. The van der Waals surface area contributed by atoms with E-state index in [1.165, 1.54) is 19.4 Å². The van der Waals surface area contributed by atoms with Gasteiger partial charge in [-0.05, 0) is 44.4 Å². The Bertz CT molecular complexity index is 1360. The molecule has 4 atom stereocenters. The number of cyclic esters (lactones) is 1. The smallest absolute Gasteiger partial charge is 0.407 e. The fourth-order valence-corrected chi connectivity index (χ4v) is 4.87. The number of carbonyl (C=O) groups is 5. The van der Waals surface area contributed by atoms with E-state index < -0.39 is 41.4 Å². The van der Waals surface area contributed by atoms with Gasteiger partial charge in [0.15, 0.2) is 5.76 Å². The van der Waals surface area contributed by atoms with Crippen LogP contribution >= 0.6 is 11.6 Å². The first-order valence-corrected chi connectivity index (χ1v) is 17.7. The monoisotopic (exact) mass is 732 g/mol. The lowest BCUT2D eigenvalue weighted by atomic mass is 9.86. The number of carbonyl (C=O) groups excluding carboxylic acids is 5. The normalized spacial score (nSPS) is 17.4. The van der Waals surface area contributed by atoms with Crippen LogP contribution in [0.2, 0.25) is 0 Å². The van der Waals surface area contributed by atoms with E-state index in [4.69, 9.17) is 25.8 Å². The van der Waals surface area contributed by atoms with E-state index in [0.29, 0.717) is 50.2 Å². The summed E-state index contributed by atoms with van der Waals surface area (Å²) in [6, 6.07) is -0.844. The van der Waals surface area contributed by atoms with Crippen molar-refractivity contribution in [1.29, 1.82) is 0 Å². The van der Waals surface area contributed by atoms with Gasteiger partial charge in [0.25, 0.3) is 0 Å². The molecule has 0 spiro atoms. The maximum Gasteiger partial charge on any atom is 0.407 e. The molecule has 4 N–H and O–H groups in total. The summed E-state index contributed by atoms with van der Waals surface area (Å²) < 4.78 is 16.0. The summed E-state index contributed by atoms with van der Waals surface area (Å²) in [7, 11) is 1.43. The van der Waals surface area contributed by atoms with Gasteiger partial charge in [0.2, 0.25) is 17.7 Å². The van der Waals surface area contributed by atoms with Crippen molar-refractivity contribution in [2.24, 2.45) is 11.3 Å². The van der Waals surface area contributed by atoms with Crippen molar-refractivity contribution in [2.75, 3.05) is 20.2 Å². The maximum atomic E-state index is 13.1. The molecule has 284 valence electrons. The molecule has 1 heterocycles. The number of allylic oxidation sites excluding steroid dienone is 5. The Morgan fingerprint density at radius 1 is 1.08 bits per heavy atom. The van der Waals surface area contributed by atoms with Crippen molar-refractivity contribution in [2.45, 2.75) is 105 Å². The highest BCUT2D eigenvalue weighted by Gasteiger charge is 2.32. The van der Waals surface area contributed by atoms with Crippen molar-refractivity contribution in [3.8, 4) is 0 Å². The minimum atomic E-state index is -0.844. The predicted octanol–water partition coefficient (Wildman–Crippen LogP) is 6.01. The number of nitrogens with one attached hydrogen (secondary N) is 4. The second kappa shape index (κ2) is 24.0. The zero-order chi connectivity index (χ0) is 38.4. The Balaban J connectivity index is 2.68. The van der Waals surface area contributed by atoms with Crippen LogP contribution in [0.1, 0.15) is 87.0 Å². The fourth-order valence-electron chi connectivity index (χ4n) is 4.78. The number of methoxy groups -OCH3 is 1. The molecule has 1 aliphatic rings. The number of alkyl carbamates (subject to hydrolysis) is 1. The molecule has 4 amide bonds. The molecule has 12 nitrogen and oxygen atoms in total. The van der Waals surface area contributed by atoms with Gasteiger partial charge in [0.05, 0.1) is 7.11 Å². The quantitative estimate of drug-likeness (QED) is 0.0512. The number of esters is 1. The molecule has 0 aromatic rings. The van der Waals surface area contributed by atoms with Gasteiger partial charge in [-0.3, -0.25) is 14.4 Å². The molecule has 0 saturated heterocycles. The van der Waals surface area contributed by atoms with Crippen LogP contribution in [0.4, 0.5) is 4.79 Å². The summed E-state index contributed by atoms with van der Waals surface area (Å²) in [5, 5.41) is 11.5. The maximum absolute atomic E-state index is 13.1. The third-order valence-corrected chi connectivity index (χ3v) is 7.71. The van der Waals surface area contributed by atoms with Gasteiger partial charge < -0.3 is 35.5 Å². The largest absolute Gasteiger partial charge is 0.490 e. The highest BCUT2D eigenvalue weighted by Crippen LogP contribution is 2.23. The molecular weight excluding hydrogens is 676 g/mol. The molecule has 1 rings (SSSR count). The van der Waals surface area contributed by atoms with Gasteiger partial charge in [-0.2, -0.15) is 0 Å². The minimum Gasteiger partial charge on any atom is -0.490 e. The zero-order valence-corrected chi connectivity index (χ0v) is 32.1. The van der Waals surface area contributed by atoms with Crippen molar-refractivity contribution in [3.63, 3.8) is 0 Å². The predicted molar refractivity (Wildman–Crippen MR) is 199 cm³/mol. The second-order valence-electron chi connectivity index (χ2n) is 13.3. The first-order chi connectivity index (χ1) is 24.1. The lowest BCUT2D eigenvalue weighted by Crippen LogP contribution is -2.52. The topological polar surface area (TPSA) is 161 Å². The van der Waals surface area contributed by atoms with Crippen molar-refractivity contribution in [1.82, 2.24) is 21.3 Å². The van der Waals surface area contributed by atoms with E-state index in [1.54, 1.807) is 37.3 Å². The number of halogens is 1. The molecule has 0 aromatic heterocycles. The van der Waals surface area contributed by atoms with Gasteiger partial charge in [0, 0.05) is 55.8 Å². The number of ether oxygens (including phenoxy) is 3. The summed E-state index contributed by atoms with van der Waals surface area (Å²) in [6.07, 6.45) is 16.7. The van der Waals surface area contributed by atoms with E-state index >= 15 is 0 Å². The van der Waals surface area contributed by atoms with Crippen LogP contribution in [0, 0.1) is 11.3 Å². The molecule has 0 aliphatic carbocycles. The lowest BCUT2D eigenvalue weighted by Gasteiger charge is -2.29. The molecule has 51 heavy (non-hydrogen) atoms. The molecule has 13 heteroatoms. The van der Waals surface area contributed by atoms with E-state index in [1.807, 2.05) is 53.7 Å². The van der Waals surface area contributed by atoms with Gasteiger partial charge in [-0.15, -0.1) is 0 Å². The van der Waals surface area contributed by atoms with Crippen molar-refractivity contribution >= 4 is 41.4 Å². The molecule has 0 unspecified atom stereocenters. The van der Waals surface area contributed by atoms with Gasteiger partial charge >= 0.3 is 12.1 Å². The van der Waals surface area contributed by atoms with E-state index in [2.05, 4.69) is 21.3 Å². The summed E-state index contributed by atoms with van der Waals surface area (Å²) in [5.74, 6) is -1.14. The third kappa shape index (κ3) is 19.6. The minimum absolute atomic E-state index is 0.0172. The number of rotatable bonds is 20. The third-order valence-electron chi connectivity index (χ3n) is 7.56.